The SMILES string of the molecule is CCCCCC(=O)N[C@@H](Nc1cc(Cl)ccc1C(F)(F)F)C(Cl)(Cl)Cl. The van der Waals surface area contributed by atoms with Gasteiger partial charge in [-0.1, -0.05) is 66.2 Å². The lowest BCUT2D eigenvalue weighted by Gasteiger charge is -2.28. The summed E-state index contributed by atoms with van der Waals surface area (Å²) in [4.78, 5) is 11.9. The molecular weight excluding hydrogens is 423 g/mol. The second-order valence-corrected chi connectivity index (χ2v) is 8.14. The third kappa shape index (κ3) is 7.69. The maximum Gasteiger partial charge on any atom is 0.418 e. The van der Waals surface area contributed by atoms with Crippen molar-refractivity contribution in [1.29, 1.82) is 0 Å². The molecule has 1 atom stereocenters. The maximum atomic E-state index is 13.1. The van der Waals surface area contributed by atoms with Crippen LogP contribution < -0.4 is 10.6 Å². The second-order valence-electron chi connectivity index (χ2n) is 5.33. The van der Waals surface area contributed by atoms with E-state index in [4.69, 9.17) is 46.4 Å². The van der Waals surface area contributed by atoms with Crippen LogP contribution in [0.5, 0.6) is 0 Å². The van der Waals surface area contributed by atoms with E-state index >= 15 is 0 Å². The third-order valence-electron chi connectivity index (χ3n) is 3.23. The quantitative estimate of drug-likeness (QED) is 0.303. The minimum Gasteiger partial charge on any atom is -0.361 e. The molecule has 2 N–H and O–H groups in total. The highest BCUT2D eigenvalue weighted by Gasteiger charge is 2.38. The summed E-state index contributed by atoms with van der Waals surface area (Å²) in [5.74, 6) is -0.437. The van der Waals surface area contributed by atoms with Gasteiger partial charge in [-0.05, 0) is 24.6 Å². The van der Waals surface area contributed by atoms with Gasteiger partial charge < -0.3 is 10.6 Å². The Kier molecular flexibility index (Phi) is 8.45. The van der Waals surface area contributed by atoms with Crippen molar-refractivity contribution < 1.29 is 18.0 Å². The predicted octanol–water partition coefficient (Wildman–Crippen LogP) is 6.16. The standard InChI is InChI=1S/C15H17Cl4F3N2O/c1-2-3-4-5-12(25)24-13(14(17,18)19)23-11-8-9(16)6-7-10(11)15(20,21)22/h6-8,13,23H,2-5H2,1H3,(H,24,25)/t13-/m1/s1. The molecule has 3 nitrogen and oxygen atoms in total. The van der Waals surface area contributed by atoms with Gasteiger partial charge in [-0.25, -0.2) is 0 Å². The van der Waals surface area contributed by atoms with Crippen LogP contribution >= 0.6 is 46.4 Å². The van der Waals surface area contributed by atoms with Gasteiger partial charge in [0.15, 0.2) is 0 Å². The second kappa shape index (κ2) is 9.40. The Bertz CT molecular complexity index is 591. The number of hydrogen-bond donors (Lipinski definition) is 2. The van der Waals surface area contributed by atoms with Crippen molar-refractivity contribution >= 4 is 58.0 Å². The van der Waals surface area contributed by atoms with Crippen molar-refractivity contribution in [1.82, 2.24) is 5.32 Å². The number of amides is 1. The van der Waals surface area contributed by atoms with Crippen molar-refractivity contribution in [3.63, 3.8) is 0 Å². The summed E-state index contributed by atoms with van der Waals surface area (Å²) in [5.41, 5.74) is -1.39. The van der Waals surface area contributed by atoms with Crippen molar-refractivity contribution in [2.75, 3.05) is 5.32 Å². The predicted molar refractivity (Wildman–Crippen MR) is 96.4 cm³/mol. The lowest BCUT2D eigenvalue weighted by Crippen LogP contribution is -2.49. The minimum atomic E-state index is -4.64. The van der Waals surface area contributed by atoms with E-state index in [0.717, 1.165) is 31.0 Å². The molecule has 0 aliphatic carbocycles. The largest absolute Gasteiger partial charge is 0.418 e. The molecule has 1 aromatic rings. The Labute approximate surface area is 164 Å². The summed E-state index contributed by atoms with van der Waals surface area (Å²) >= 11 is 23.2. The summed E-state index contributed by atoms with van der Waals surface area (Å²) in [6.45, 7) is 1.97. The number of hydrogen-bond acceptors (Lipinski definition) is 2. The molecule has 0 heterocycles. The molecule has 0 spiro atoms. The zero-order valence-corrected chi connectivity index (χ0v) is 16.2. The van der Waals surface area contributed by atoms with Crippen LogP contribution in [0.15, 0.2) is 18.2 Å². The van der Waals surface area contributed by atoms with Gasteiger partial charge in [0.2, 0.25) is 9.70 Å². The van der Waals surface area contributed by atoms with Crippen molar-refractivity contribution in [3.8, 4) is 0 Å². The molecule has 0 saturated heterocycles. The van der Waals surface area contributed by atoms with E-state index in [1.807, 2.05) is 6.92 Å². The number of alkyl halides is 6. The first-order valence-corrected chi connectivity index (χ1v) is 8.95. The summed E-state index contributed by atoms with van der Waals surface area (Å²) < 4.78 is 37.3. The zero-order chi connectivity index (χ0) is 19.3. The molecule has 0 unspecified atom stereocenters. The Morgan fingerprint density at radius 2 is 1.84 bits per heavy atom. The molecule has 0 aromatic heterocycles. The lowest BCUT2D eigenvalue weighted by atomic mass is 10.1. The van der Waals surface area contributed by atoms with Crippen LogP contribution in [-0.4, -0.2) is 15.9 Å². The van der Waals surface area contributed by atoms with E-state index in [1.54, 1.807) is 0 Å². The van der Waals surface area contributed by atoms with Crippen LogP contribution in [0.1, 0.15) is 38.2 Å². The smallest absolute Gasteiger partial charge is 0.361 e. The molecule has 10 heteroatoms. The van der Waals surface area contributed by atoms with E-state index in [2.05, 4.69) is 10.6 Å². The van der Waals surface area contributed by atoms with Gasteiger partial charge in [-0.15, -0.1) is 0 Å². The van der Waals surface area contributed by atoms with E-state index in [9.17, 15) is 18.0 Å². The number of unbranched alkanes of at least 4 members (excludes halogenated alkanes) is 2. The Hall–Kier alpha value is -0.560. The molecular formula is C15H17Cl4F3N2O. The first kappa shape index (κ1) is 22.5. The van der Waals surface area contributed by atoms with Gasteiger partial charge in [0.25, 0.3) is 0 Å². The summed E-state index contributed by atoms with van der Waals surface area (Å²) in [6.07, 6.45) is -3.46. The number of halogens is 7. The molecule has 0 radical (unpaired) electrons. The van der Waals surface area contributed by atoms with E-state index in [0.29, 0.717) is 6.42 Å². The number of carbonyl (C=O) groups is 1. The van der Waals surface area contributed by atoms with Crippen LogP contribution in [0.3, 0.4) is 0 Å². The normalized spacial score (nSPS) is 13.4. The first-order valence-electron chi connectivity index (χ1n) is 7.44. The number of nitrogens with one attached hydrogen (secondary N) is 2. The van der Waals surface area contributed by atoms with Crippen LogP contribution in [0.4, 0.5) is 18.9 Å². The van der Waals surface area contributed by atoms with Crippen molar-refractivity contribution in [3.05, 3.63) is 28.8 Å². The molecule has 25 heavy (non-hydrogen) atoms. The highest BCUT2D eigenvalue weighted by molar-refractivity contribution is 6.68. The van der Waals surface area contributed by atoms with Gasteiger partial charge in [-0.2, -0.15) is 13.2 Å². The minimum absolute atomic E-state index is 0.0628. The van der Waals surface area contributed by atoms with E-state index < -0.39 is 33.3 Å². The molecule has 0 aliphatic rings. The molecule has 0 fully saturated rings. The summed E-state index contributed by atoms with van der Waals surface area (Å²) in [7, 11) is 0. The average Bonchev–Trinajstić information content (AvgIpc) is 2.44. The summed E-state index contributed by atoms with van der Waals surface area (Å²) in [5, 5.41) is 4.89. The van der Waals surface area contributed by atoms with Crippen LogP contribution in [0.25, 0.3) is 0 Å². The fraction of sp³-hybridized carbons (Fsp3) is 0.533. The fourth-order valence-electron chi connectivity index (χ4n) is 2.01. The molecule has 0 saturated carbocycles. The Balaban J connectivity index is 3.00. The average molecular weight is 440 g/mol. The molecule has 1 rings (SSSR count). The Morgan fingerprint density at radius 1 is 1.20 bits per heavy atom. The number of carbonyl (C=O) groups excluding carboxylic acids is 1. The number of rotatable bonds is 7. The maximum absolute atomic E-state index is 13.1. The molecule has 0 bridgehead atoms. The zero-order valence-electron chi connectivity index (χ0n) is 13.2. The molecule has 0 aliphatic heterocycles. The fourth-order valence-corrected chi connectivity index (χ4v) is 2.51. The number of anilines is 1. The van der Waals surface area contributed by atoms with Crippen molar-refractivity contribution in [2.24, 2.45) is 0 Å². The highest BCUT2D eigenvalue weighted by atomic mass is 35.6. The first-order chi connectivity index (χ1) is 11.4. The van der Waals surface area contributed by atoms with Gasteiger partial charge in [0.05, 0.1) is 5.56 Å². The monoisotopic (exact) mass is 438 g/mol. The van der Waals surface area contributed by atoms with Crippen molar-refractivity contribution in [2.45, 2.75) is 48.7 Å². The Morgan fingerprint density at radius 3 is 2.36 bits per heavy atom. The van der Waals surface area contributed by atoms with Gasteiger partial charge in [0.1, 0.15) is 6.17 Å². The summed E-state index contributed by atoms with van der Waals surface area (Å²) in [6, 6.07) is 2.96. The van der Waals surface area contributed by atoms with Gasteiger partial charge in [0, 0.05) is 17.1 Å². The molecule has 1 amide bonds. The number of benzene rings is 1. The highest BCUT2D eigenvalue weighted by Crippen LogP contribution is 2.38. The third-order valence-corrected chi connectivity index (χ3v) is 4.12. The molecule has 142 valence electrons. The van der Waals surface area contributed by atoms with Crippen LogP contribution in [0, 0.1) is 0 Å². The van der Waals surface area contributed by atoms with Crippen LogP contribution in [-0.2, 0) is 11.0 Å². The topological polar surface area (TPSA) is 41.1 Å². The molecule has 1 aromatic carbocycles. The van der Waals surface area contributed by atoms with Gasteiger partial charge in [-0.3, -0.25) is 4.79 Å². The van der Waals surface area contributed by atoms with E-state index in [1.165, 1.54) is 0 Å². The van der Waals surface area contributed by atoms with Gasteiger partial charge >= 0.3 is 6.18 Å². The lowest BCUT2D eigenvalue weighted by molar-refractivity contribution is -0.137. The van der Waals surface area contributed by atoms with Crippen LogP contribution in [0.2, 0.25) is 5.02 Å². The van der Waals surface area contributed by atoms with E-state index in [-0.39, 0.29) is 11.4 Å².